The summed E-state index contributed by atoms with van der Waals surface area (Å²) in [5.74, 6) is 0. The van der Waals surface area contributed by atoms with Crippen molar-refractivity contribution in [1.29, 1.82) is 5.26 Å². The second-order valence-electron chi connectivity index (χ2n) is 1.92. The third-order valence-corrected chi connectivity index (χ3v) is 0.958. The molecule has 58 valence electrons. The molecule has 0 aliphatic heterocycles. The first kappa shape index (κ1) is 9.51. The van der Waals surface area contributed by atoms with Gasteiger partial charge in [0.25, 0.3) is 0 Å². The van der Waals surface area contributed by atoms with Gasteiger partial charge in [0.2, 0.25) is 0 Å². The molecule has 0 fully saturated rings. The van der Waals surface area contributed by atoms with Gasteiger partial charge < -0.3 is 5.73 Å². The van der Waals surface area contributed by atoms with E-state index in [1.807, 2.05) is 43.3 Å². The number of anilines is 1. The predicted molar refractivity (Wildman–Crippen MR) is 46.8 cm³/mol. The summed E-state index contributed by atoms with van der Waals surface area (Å²) in [5, 5.41) is 7.62. The number of nitrogen functional groups attached to an aromatic ring is 1. The van der Waals surface area contributed by atoms with Crippen LogP contribution in [0.3, 0.4) is 0 Å². The number of nitrogens with zero attached hydrogens (tertiary/aromatic N) is 1. The van der Waals surface area contributed by atoms with E-state index in [0.717, 1.165) is 5.69 Å². The van der Waals surface area contributed by atoms with Crippen molar-refractivity contribution in [3.05, 3.63) is 30.3 Å². The van der Waals surface area contributed by atoms with E-state index in [4.69, 9.17) is 11.0 Å². The zero-order valence-corrected chi connectivity index (χ0v) is 6.62. The molecular weight excluding hydrogens is 136 g/mol. The molecule has 0 aliphatic rings. The summed E-state index contributed by atoms with van der Waals surface area (Å²) in [4.78, 5) is 0. The first-order valence-corrected chi connectivity index (χ1v) is 3.48. The molecule has 0 unspecified atom stereocenters. The minimum absolute atomic E-state index is 0.625. The number of hydrogen-bond donors (Lipinski definition) is 1. The Bertz CT molecular complexity index is 211. The van der Waals surface area contributed by atoms with E-state index in [1.165, 1.54) is 0 Å². The summed E-state index contributed by atoms with van der Waals surface area (Å²) in [6.07, 6.45) is 0.625. The van der Waals surface area contributed by atoms with E-state index in [9.17, 15) is 0 Å². The van der Waals surface area contributed by atoms with Gasteiger partial charge in [0.1, 0.15) is 0 Å². The van der Waals surface area contributed by atoms with Gasteiger partial charge in [-0.1, -0.05) is 25.1 Å². The molecule has 0 bridgehead atoms. The van der Waals surface area contributed by atoms with Crippen molar-refractivity contribution >= 4 is 5.69 Å². The summed E-state index contributed by atoms with van der Waals surface area (Å²) in [6, 6.07) is 11.4. The summed E-state index contributed by atoms with van der Waals surface area (Å²) in [7, 11) is 0. The Morgan fingerprint density at radius 3 is 2.00 bits per heavy atom. The van der Waals surface area contributed by atoms with E-state index in [0.29, 0.717) is 6.42 Å². The Labute approximate surface area is 67.3 Å². The average molecular weight is 148 g/mol. The Kier molecular flexibility index (Phi) is 5.73. The first-order chi connectivity index (χ1) is 5.31. The van der Waals surface area contributed by atoms with Crippen molar-refractivity contribution in [2.24, 2.45) is 0 Å². The summed E-state index contributed by atoms with van der Waals surface area (Å²) < 4.78 is 0. The minimum Gasteiger partial charge on any atom is -0.399 e. The lowest BCUT2D eigenvalue weighted by molar-refractivity contribution is 1.22. The first-order valence-electron chi connectivity index (χ1n) is 3.48. The molecule has 1 rings (SSSR count). The van der Waals surface area contributed by atoms with Crippen molar-refractivity contribution in [2.75, 3.05) is 5.73 Å². The molecule has 0 aliphatic carbocycles. The molecule has 11 heavy (non-hydrogen) atoms. The molecule has 0 heterocycles. The molecule has 2 heteroatoms. The van der Waals surface area contributed by atoms with Crippen LogP contribution in [0.25, 0.3) is 0 Å². The summed E-state index contributed by atoms with van der Waals surface area (Å²) in [6.45, 7) is 1.82. The Balaban J connectivity index is 0.000000218. The summed E-state index contributed by atoms with van der Waals surface area (Å²) in [5.41, 5.74) is 6.18. The highest BCUT2D eigenvalue weighted by molar-refractivity contribution is 5.35. The molecule has 2 nitrogen and oxygen atoms in total. The summed E-state index contributed by atoms with van der Waals surface area (Å²) >= 11 is 0. The highest BCUT2D eigenvalue weighted by atomic mass is 14.5. The lowest BCUT2D eigenvalue weighted by atomic mass is 10.3. The van der Waals surface area contributed by atoms with Crippen molar-refractivity contribution < 1.29 is 0 Å². The monoisotopic (exact) mass is 148 g/mol. The lowest BCUT2D eigenvalue weighted by Gasteiger charge is -1.83. The van der Waals surface area contributed by atoms with Crippen molar-refractivity contribution in [3.8, 4) is 6.07 Å². The number of para-hydroxylation sites is 1. The molecule has 0 saturated carbocycles. The van der Waals surface area contributed by atoms with Crippen LogP contribution in [0.15, 0.2) is 30.3 Å². The smallest absolute Gasteiger partial charge is 0.0618 e. The molecule has 0 atom stereocenters. The highest BCUT2D eigenvalue weighted by Crippen LogP contribution is 1.95. The molecule has 0 spiro atoms. The van der Waals surface area contributed by atoms with Crippen LogP contribution in [0.5, 0.6) is 0 Å². The number of nitrogens with two attached hydrogens (primary N) is 1. The van der Waals surface area contributed by atoms with Crippen LogP contribution in [-0.4, -0.2) is 0 Å². The van der Waals surface area contributed by atoms with Gasteiger partial charge in [-0.05, 0) is 12.1 Å². The molecular formula is C9H12N2. The van der Waals surface area contributed by atoms with E-state index in [1.54, 1.807) is 0 Å². The van der Waals surface area contributed by atoms with Crippen molar-refractivity contribution in [1.82, 2.24) is 0 Å². The number of nitriles is 1. The Morgan fingerprint density at radius 1 is 1.36 bits per heavy atom. The molecule has 2 N–H and O–H groups in total. The fourth-order valence-electron chi connectivity index (χ4n) is 0.453. The third-order valence-electron chi connectivity index (χ3n) is 0.958. The van der Waals surface area contributed by atoms with Crippen molar-refractivity contribution in [3.63, 3.8) is 0 Å². The molecule has 0 radical (unpaired) electrons. The van der Waals surface area contributed by atoms with Crippen LogP contribution in [0.2, 0.25) is 0 Å². The normalized spacial score (nSPS) is 7.27. The van der Waals surface area contributed by atoms with Gasteiger partial charge in [0.15, 0.2) is 0 Å². The Morgan fingerprint density at radius 2 is 1.82 bits per heavy atom. The largest absolute Gasteiger partial charge is 0.399 e. The molecule has 0 aromatic heterocycles. The van der Waals surface area contributed by atoms with Crippen LogP contribution < -0.4 is 5.73 Å². The number of benzene rings is 1. The van der Waals surface area contributed by atoms with Crippen molar-refractivity contribution in [2.45, 2.75) is 13.3 Å². The predicted octanol–water partition coefficient (Wildman–Crippen LogP) is 2.19. The number of hydrogen-bond acceptors (Lipinski definition) is 2. The van der Waals surface area contributed by atoms with Gasteiger partial charge in [0.05, 0.1) is 6.07 Å². The van der Waals surface area contributed by atoms with Crippen LogP contribution in [0, 0.1) is 11.3 Å². The van der Waals surface area contributed by atoms with Crippen LogP contribution >= 0.6 is 0 Å². The van der Waals surface area contributed by atoms with Gasteiger partial charge in [-0.2, -0.15) is 5.26 Å². The van der Waals surface area contributed by atoms with Gasteiger partial charge in [0, 0.05) is 12.1 Å². The zero-order valence-electron chi connectivity index (χ0n) is 6.62. The molecule has 0 amide bonds. The van der Waals surface area contributed by atoms with E-state index < -0.39 is 0 Å². The SMILES string of the molecule is CCC#N.Nc1ccccc1. The van der Waals surface area contributed by atoms with Crippen LogP contribution in [0.1, 0.15) is 13.3 Å². The number of rotatable bonds is 0. The molecule has 1 aromatic rings. The molecule has 1 aromatic carbocycles. The van der Waals surface area contributed by atoms with Crippen LogP contribution in [-0.2, 0) is 0 Å². The molecule has 0 saturated heterocycles. The standard InChI is InChI=1S/C6H7N.C3H5N/c7-6-4-2-1-3-5-6;1-2-3-4/h1-5H,7H2;2H2,1H3. The quantitative estimate of drug-likeness (QED) is 0.573. The topological polar surface area (TPSA) is 49.8 Å². The Hall–Kier alpha value is -1.49. The fourth-order valence-corrected chi connectivity index (χ4v) is 0.453. The van der Waals surface area contributed by atoms with Crippen LogP contribution in [0.4, 0.5) is 5.69 Å². The zero-order chi connectivity index (χ0) is 8.53. The van der Waals surface area contributed by atoms with E-state index in [-0.39, 0.29) is 0 Å². The van der Waals surface area contributed by atoms with E-state index >= 15 is 0 Å². The second-order valence-corrected chi connectivity index (χ2v) is 1.92. The highest BCUT2D eigenvalue weighted by Gasteiger charge is 1.72. The van der Waals surface area contributed by atoms with Gasteiger partial charge in [-0.25, -0.2) is 0 Å². The average Bonchev–Trinajstić information content (AvgIpc) is 2.07. The van der Waals surface area contributed by atoms with Gasteiger partial charge in [-0.15, -0.1) is 0 Å². The second kappa shape index (κ2) is 6.63. The maximum absolute atomic E-state index is 7.62. The minimum atomic E-state index is 0.625. The van der Waals surface area contributed by atoms with Gasteiger partial charge in [-0.3, -0.25) is 0 Å². The van der Waals surface area contributed by atoms with E-state index in [2.05, 4.69) is 0 Å². The third kappa shape index (κ3) is 6.39. The maximum Gasteiger partial charge on any atom is 0.0618 e. The lowest BCUT2D eigenvalue weighted by Crippen LogP contribution is -1.79. The maximum atomic E-state index is 7.62. The van der Waals surface area contributed by atoms with Gasteiger partial charge >= 0.3 is 0 Å². The fraction of sp³-hybridized carbons (Fsp3) is 0.222.